The molecular formula is C14H19N3OS. The van der Waals surface area contributed by atoms with E-state index in [-0.39, 0.29) is 12.1 Å². The second kappa shape index (κ2) is 5.54. The minimum atomic E-state index is 0.0816. The Balaban J connectivity index is 1.70. The second-order valence-electron chi connectivity index (χ2n) is 5.08. The van der Waals surface area contributed by atoms with Gasteiger partial charge in [-0.05, 0) is 19.1 Å². The fraction of sp³-hybridized carbons (Fsp3) is 0.500. The van der Waals surface area contributed by atoms with Gasteiger partial charge >= 0.3 is 0 Å². The number of aromatic nitrogens is 1. The van der Waals surface area contributed by atoms with Crippen molar-refractivity contribution in [3.63, 3.8) is 0 Å². The van der Waals surface area contributed by atoms with E-state index in [2.05, 4.69) is 28.1 Å². The summed E-state index contributed by atoms with van der Waals surface area (Å²) in [7, 11) is 0. The van der Waals surface area contributed by atoms with Crippen LogP contribution in [0.5, 0.6) is 0 Å². The minimum absolute atomic E-state index is 0.0816. The number of rotatable bonds is 3. The van der Waals surface area contributed by atoms with E-state index >= 15 is 0 Å². The largest absolute Gasteiger partial charge is 0.374 e. The summed E-state index contributed by atoms with van der Waals surface area (Å²) in [6, 6.07) is 8.37. The topological polar surface area (TPSA) is 51.4 Å². The number of fused-ring (bicyclic) bond motifs is 1. The van der Waals surface area contributed by atoms with Crippen LogP contribution in [0.15, 0.2) is 24.3 Å². The zero-order valence-electron chi connectivity index (χ0n) is 11.1. The Morgan fingerprint density at radius 1 is 1.53 bits per heavy atom. The number of morpholine rings is 1. The normalized spacial score (nSPS) is 22.7. The smallest absolute Gasteiger partial charge is 0.108 e. The molecule has 0 bridgehead atoms. The standard InChI is InChI=1S/C14H19N3OS/c1-10(15)12-8-17(6-7-18-12)9-14-16-11-4-2-3-5-13(11)19-14/h2-5,10,12H,6-9,15H2,1H3. The second-order valence-corrected chi connectivity index (χ2v) is 6.19. The lowest BCUT2D eigenvalue weighted by molar-refractivity contribution is -0.0403. The molecule has 19 heavy (non-hydrogen) atoms. The van der Waals surface area contributed by atoms with Gasteiger partial charge in [-0.15, -0.1) is 11.3 Å². The Morgan fingerprint density at radius 3 is 3.16 bits per heavy atom. The van der Waals surface area contributed by atoms with Crippen molar-refractivity contribution >= 4 is 21.6 Å². The van der Waals surface area contributed by atoms with Crippen molar-refractivity contribution in [2.45, 2.75) is 25.6 Å². The average Bonchev–Trinajstić information content (AvgIpc) is 2.81. The fourth-order valence-electron chi connectivity index (χ4n) is 2.37. The van der Waals surface area contributed by atoms with Gasteiger partial charge in [0.25, 0.3) is 0 Å². The van der Waals surface area contributed by atoms with Crippen LogP contribution in [0.3, 0.4) is 0 Å². The van der Waals surface area contributed by atoms with Gasteiger partial charge in [-0.3, -0.25) is 4.90 Å². The third kappa shape index (κ3) is 2.95. The van der Waals surface area contributed by atoms with Crippen LogP contribution >= 0.6 is 11.3 Å². The number of thiazole rings is 1. The van der Waals surface area contributed by atoms with Gasteiger partial charge in [0, 0.05) is 19.1 Å². The van der Waals surface area contributed by atoms with Crippen LogP contribution in [0.1, 0.15) is 11.9 Å². The molecule has 0 spiro atoms. The first-order valence-electron chi connectivity index (χ1n) is 6.66. The van der Waals surface area contributed by atoms with Gasteiger partial charge in [0.15, 0.2) is 0 Å². The van der Waals surface area contributed by atoms with E-state index in [1.807, 2.05) is 13.0 Å². The summed E-state index contributed by atoms with van der Waals surface area (Å²) in [5.41, 5.74) is 7.02. The average molecular weight is 277 g/mol. The highest BCUT2D eigenvalue weighted by Crippen LogP contribution is 2.23. The molecule has 1 aliphatic rings. The highest BCUT2D eigenvalue weighted by molar-refractivity contribution is 7.18. The van der Waals surface area contributed by atoms with E-state index in [1.54, 1.807) is 11.3 Å². The lowest BCUT2D eigenvalue weighted by atomic mass is 10.1. The molecule has 2 heterocycles. The molecule has 4 nitrogen and oxygen atoms in total. The summed E-state index contributed by atoms with van der Waals surface area (Å²) in [6.07, 6.45) is 0.142. The summed E-state index contributed by atoms with van der Waals surface area (Å²) in [5, 5.41) is 1.17. The van der Waals surface area contributed by atoms with Gasteiger partial charge in [0.1, 0.15) is 5.01 Å². The molecule has 1 aliphatic heterocycles. The van der Waals surface area contributed by atoms with Crippen LogP contribution < -0.4 is 5.73 Å². The predicted octanol–water partition coefficient (Wildman–Crippen LogP) is 1.84. The van der Waals surface area contributed by atoms with E-state index in [0.717, 1.165) is 31.8 Å². The Kier molecular flexibility index (Phi) is 3.79. The molecule has 0 saturated carbocycles. The van der Waals surface area contributed by atoms with E-state index in [4.69, 9.17) is 10.5 Å². The molecular weight excluding hydrogens is 258 g/mol. The molecule has 0 amide bonds. The third-order valence-corrected chi connectivity index (χ3v) is 4.48. The van der Waals surface area contributed by atoms with Crippen LogP contribution in [0.4, 0.5) is 0 Å². The van der Waals surface area contributed by atoms with Gasteiger partial charge in [-0.2, -0.15) is 0 Å². The third-order valence-electron chi connectivity index (χ3n) is 3.46. The van der Waals surface area contributed by atoms with Crippen molar-refractivity contribution in [3.8, 4) is 0 Å². The zero-order valence-corrected chi connectivity index (χ0v) is 11.9. The summed E-state index contributed by atoms with van der Waals surface area (Å²) >= 11 is 1.78. The molecule has 2 atom stereocenters. The van der Waals surface area contributed by atoms with Crippen molar-refractivity contribution in [2.75, 3.05) is 19.7 Å². The van der Waals surface area contributed by atoms with Gasteiger partial charge in [0.05, 0.1) is 29.5 Å². The van der Waals surface area contributed by atoms with Gasteiger partial charge in [0.2, 0.25) is 0 Å². The molecule has 102 valence electrons. The van der Waals surface area contributed by atoms with E-state index < -0.39 is 0 Å². The Bertz CT molecular complexity index is 521. The molecule has 3 rings (SSSR count). The zero-order chi connectivity index (χ0) is 13.2. The fourth-order valence-corrected chi connectivity index (χ4v) is 3.38. The highest BCUT2D eigenvalue weighted by atomic mass is 32.1. The van der Waals surface area contributed by atoms with Gasteiger partial charge in [-0.25, -0.2) is 4.98 Å². The highest BCUT2D eigenvalue weighted by Gasteiger charge is 2.23. The van der Waals surface area contributed by atoms with Crippen molar-refractivity contribution in [1.29, 1.82) is 0 Å². The summed E-state index contributed by atoms with van der Waals surface area (Å²) in [4.78, 5) is 7.07. The van der Waals surface area contributed by atoms with Crippen LogP contribution in [-0.4, -0.2) is 41.7 Å². The van der Waals surface area contributed by atoms with Crippen LogP contribution in [0, 0.1) is 0 Å². The maximum atomic E-state index is 5.92. The Labute approximate surface area is 117 Å². The molecule has 0 aliphatic carbocycles. The first-order valence-corrected chi connectivity index (χ1v) is 7.48. The number of nitrogens with two attached hydrogens (primary N) is 1. The number of hydrogen-bond acceptors (Lipinski definition) is 5. The lowest BCUT2D eigenvalue weighted by Crippen LogP contribution is -2.49. The first kappa shape index (κ1) is 13.0. The lowest BCUT2D eigenvalue weighted by Gasteiger charge is -2.34. The summed E-state index contributed by atoms with van der Waals surface area (Å²) in [5.74, 6) is 0. The van der Waals surface area contributed by atoms with Crippen molar-refractivity contribution in [2.24, 2.45) is 5.73 Å². The molecule has 1 fully saturated rings. The Morgan fingerprint density at radius 2 is 2.37 bits per heavy atom. The maximum absolute atomic E-state index is 5.92. The molecule has 1 aromatic heterocycles. The molecule has 2 aromatic rings. The molecule has 1 saturated heterocycles. The molecule has 2 N–H and O–H groups in total. The number of para-hydroxylation sites is 1. The predicted molar refractivity (Wildman–Crippen MR) is 78.3 cm³/mol. The van der Waals surface area contributed by atoms with Crippen LogP contribution in [0.2, 0.25) is 0 Å². The molecule has 1 aromatic carbocycles. The molecule has 5 heteroatoms. The van der Waals surface area contributed by atoms with Crippen LogP contribution in [0.25, 0.3) is 10.2 Å². The summed E-state index contributed by atoms with van der Waals surface area (Å²) in [6.45, 7) is 5.52. The number of benzene rings is 1. The number of nitrogens with zero attached hydrogens (tertiary/aromatic N) is 2. The maximum Gasteiger partial charge on any atom is 0.108 e. The van der Waals surface area contributed by atoms with E-state index in [0.29, 0.717) is 0 Å². The van der Waals surface area contributed by atoms with E-state index in [9.17, 15) is 0 Å². The number of ether oxygens (including phenoxy) is 1. The van der Waals surface area contributed by atoms with Gasteiger partial charge < -0.3 is 10.5 Å². The SMILES string of the molecule is CC(N)C1CN(Cc2nc3ccccc3s2)CCO1. The van der Waals surface area contributed by atoms with Crippen molar-refractivity contribution in [1.82, 2.24) is 9.88 Å². The van der Waals surface area contributed by atoms with Gasteiger partial charge in [-0.1, -0.05) is 12.1 Å². The molecule has 0 radical (unpaired) electrons. The quantitative estimate of drug-likeness (QED) is 0.930. The van der Waals surface area contributed by atoms with E-state index in [1.165, 1.54) is 9.71 Å². The summed E-state index contributed by atoms with van der Waals surface area (Å²) < 4.78 is 6.94. The first-order chi connectivity index (χ1) is 9.22. The Hall–Kier alpha value is -1.01. The van der Waals surface area contributed by atoms with Crippen molar-refractivity contribution < 1.29 is 4.74 Å². The minimum Gasteiger partial charge on any atom is -0.374 e. The van der Waals surface area contributed by atoms with Crippen molar-refractivity contribution in [3.05, 3.63) is 29.3 Å². The number of hydrogen-bond donors (Lipinski definition) is 1. The monoisotopic (exact) mass is 277 g/mol. The van der Waals surface area contributed by atoms with Crippen LogP contribution in [-0.2, 0) is 11.3 Å². The molecule has 2 unspecified atom stereocenters.